The Morgan fingerprint density at radius 3 is 2.89 bits per heavy atom. The molecule has 0 aromatic carbocycles. The number of carbonyl (C=O) groups excluding carboxylic acids is 1. The van der Waals surface area contributed by atoms with Crippen molar-refractivity contribution in [3.8, 4) is 0 Å². The van der Waals surface area contributed by atoms with E-state index in [-0.39, 0.29) is 11.9 Å². The molecule has 1 amide bonds. The van der Waals surface area contributed by atoms with Gasteiger partial charge in [-0.15, -0.1) is 0 Å². The highest BCUT2D eigenvalue weighted by molar-refractivity contribution is 5.95. The molecule has 1 aliphatic heterocycles. The average Bonchev–Trinajstić information content (AvgIpc) is 2.40. The van der Waals surface area contributed by atoms with Crippen LogP contribution in [0.15, 0.2) is 12.1 Å². The first-order chi connectivity index (χ1) is 9.02. The predicted molar refractivity (Wildman–Crippen MR) is 75.7 cm³/mol. The summed E-state index contributed by atoms with van der Waals surface area (Å²) in [5.74, 6) is 6.53. The molecule has 0 radical (unpaired) electrons. The van der Waals surface area contributed by atoms with Gasteiger partial charge in [-0.2, -0.15) is 0 Å². The van der Waals surface area contributed by atoms with Crippen molar-refractivity contribution in [1.29, 1.82) is 0 Å². The number of hydrazine groups is 1. The van der Waals surface area contributed by atoms with Crippen molar-refractivity contribution in [3.63, 3.8) is 0 Å². The Hall–Kier alpha value is -1.62. The molecule has 0 aliphatic carbocycles. The van der Waals surface area contributed by atoms with Gasteiger partial charge in [-0.05, 0) is 44.7 Å². The van der Waals surface area contributed by atoms with Crippen molar-refractivity contribution in [2.24, 2.45) is 11.8 Å². The monoisotopic (exact) mass is 262 g/mol. The lowest BCUT2D eigenvalue weighted by Gasteiger charge is -2.38. The second-order valence-corrected chi connectivity index (χ2v) is 5.39. The number of rotatable bonds is 2. The van der Waals surface area contributed by atoms with Crippen LogP contribution in [0.3, 0.4) is 0 Å². The number of nitrogen functional groups attached to an aromatic ring is 1. The summed E-state index contributed by atoms with van der Waals surface area (Å²) in [7, 11) is 0. The van der Waals surface area contributed by atoms with Crippen molar-refractivity contribution in [2.45, 2.75) is 39.7 Å². The van der Waals surface area contributed by atoms with Gasteiger partial charge in [0.2, 0.25) is 0 Å². The van der Waals surface area contributed by atoms with Crippen LogP contribution in [0.4, 0.5) is 5.82 Å². The molecule has 2 rings (SSSR count). The fraction of sp³-hybridized carbons (Fsp3) is 0.571. The number of hydrogen-bond donors (Lipinski definition) is 2. The Labute approximate surface area is 114 Å². The molecule has 0 bridgehead atoms. The molecular formula is C14H22N4O. The molecule has 1 aromatic rings. The second kappa shape index (κ2) is 5.57. The number of likely N-dealkylation sites (tertiary alicyclic amines) is 1. The summed E-state index contributed by atoms with van der Waals surface area (Å²) in [5.41, 5.74) is 3.95. The summed E-state index contributed by atoms with van der Waals surface area (Å²) in [6.07, 6.45) is 2.26. The molecule has 1 aliphatic rings. The highest BCUT2D eigenvalue weighted by Crippen LogP contribution is 2.25. The molecular weight excluding hydrogens is 240 g/mol. The van der Waals surface area contributed by atoms with Crippen molar-refractivity contribution in [3.05, 3.63) is 23.4 Å². The number of amides is 1. The van der Waals surface area contributed by atoms with Gasteiger partial charge in [0.25, 0.3) is 5.91 Å². The molecule has 2 heterocycles. The summed E-state index contributed by atoms with van der Waals surface area (Å²) in [6.45, 7) is 7.02. The lowest BCUT2D eigenvalue weighted by molar-refractivity contribution is 0.0551. The fourth-order valence-corrected chi connectivity index (χ4v) is 2.65. The number of nitrogens with zero attached hydrogens (tertiary/aromatic N) is 2. The first-order valence-electron chi connectivity index (χ1n) is 6.79. The van der Waals surface area contributed by atoms with Gasteiger partial charge < -0.3 is 10.3 Å². The van der Waals surface area contributed by atoms with Gasteiger partial charge in [0.05, 0.1) is 0 Å². The minimum Gasteiger partial charge on any atom is -0.336 e. The van der Waals surface area contributed by atoms with E-state index < -0.39 is 0 Å². The lowest BCUT2D eigenvalue weighted by atomic mass is 9.91. The second-order valence-electron chi connectivity index (χ2n) is 5.39. The fourth-order valence-electron chi connectivity index (χ4n) is 2.65. The van der Waals surface area contributed by atoms with Gasteiger partial charge in [0.1, 0.15) is 5.82 Å². The normalized spacial score (nSPS) is 23.3. The number of hydrogen-bond acceptors (Lipinski definition) is 4. The third-order valence-corrected chi connectivity index (χ3v) is 3.98. The maximum Gasteiger partial charge on any atom is 0.254 e. The maximum atomic E-state index is 12.6. The van der Waals surface area contributed by atoms with Crippen LogP contribution in [0.5, 0.6) is 0 Å². The minimum absolute atomic E-state index is 0.0704. The van der Waals surface area contributed by atoms with E-state index in [2.05, 4.69) is 24.3 Å². The van der Waals surface area contributed by atoms with Crippen molar-refractivity contribution in [2.75, 3.05) is 12.0 Å². The van der Waals surface area contributed by atoms with Gasteiger partial charge in [0.15, 0.2) is 0 Å². The number of pyridine rings is 1. The largest absolute Gasteiger partial charge is 0.336 e. The van der Waals surface area contributed by atoms with Crippen LogP contribution in [-0.4, -0.2) is 28.4 Å². The van der Waals surface area contributed by atoms with Gasteiger partial charge in [-0.1, -0.05) is 6.92 Å². The molecule has 1 saturated heterocycles. The molecule has 0 spiro atoms. The van der Waals surface area contributed by atoms with Crippen molar-refractivity contribution < 1.29 is 4.79 Å². The predicted octanol–water partition coefficient (Wildman–Crippen LogP) is 1.94. The molecule has 19 heavy (non-hydrogen) atoms. The Kier molecular flexibility index (Phi) is 4.04. The molecule has 1 fully saturated rings. The molecule has 0 saturated carbocycles. The SMILES string of the molecule is Cc1cc(C(=O)N2CCCC(C)C2C)cc(NN)n1. The van der Waals surface area contributed by atoms with E-state index in [4.69, 9.17) is 5.84 Å². The summed E-state index contributed by atoms with van der Waals surface area (Å²) < 4.78 is 0. The molecule has 1 aromatic heterocycles. The zero-order chi connectivity index (χ0) is 14.0. The van der Waals surface area contributed by atoms with Crippen LogP contribution in [0.2, 0.25) is 0 Å². The quantitative estimate of drug-likeness (QED) is 0.631. The molecule has 2 unspecified atom stereocenters. The van der Waals surface area contributed by atoms with Crippen molar-refractivity contribution >= 4 is 11.7 Å². The maximum absolute atomic E-state index is 12.6. The molecule has 3 N–H and O–H groups in total. The van der Waals surface area contributed by atoms with Gasteiger partial charge >= 0.3 is 0 Å². The summed E-state index contributed by atoms with van der Waals surface area (Å²) in [5, 5.41) is 0. The molecule has 5 heteroatoms. The lowest BCUT2D eigenvalue weighted by Crippen LogP contribution is -2.46. The molecule has 5 nitrogen and oxygen atoms in total. The van der Waals surface area contributed by atoms with Gasteiger partial charge in [0, 0.05) is 23.8 Å². The van der Waals surface area contributed by atoms with Gasteiger partial charge in [-0.3, -0.25) is 4.79 Å². The van der Waals surface area contributed by atoms with E-state index >= 15 is 0 Å². The van der Waals surface area contributed by atoms with Crippen LogP contribution in [0, 0.1) is 12.8 Å². The third kappa shape index (κ3) is 2.87. The van der Waals surface area contributed by atoms with E-state index in [1.165, 1.54) is 6.42 Å². The van der Waals surface area contributed by atoms with E-state index in [0.29, 0.717) is 17.3 Å². The van der Waals surface area contributed by atoms with Crippen LogP contribution in [0.25, 0.3) is 0 Å². The van der Waals surface area contributed by atoms with E-state index in [9.17, 15) is 4.79 Å². The van der Waals surface area contributed by atoms with Crippen molar-refractivity contribution in [1.82, 2.24) is 9.88 Å². The summed E-state index contributed by atoms with van der Waals surface area (Å²) >= 11 is 0. The zero-order valence-electron chi connectivity index (χ0n) is 11.8. The highest BCUT2D eigenvalue weighted by Gasteiger charge is 2.29. The summed E-state index contributed by atoms with van der Waals surface area (Å²) in [4.78, 5) is 18.8. The smallest absolute Gasteiger partial charge is 0.254 e. The topological polar surface area (TPSA) is 71.2 Å². The minimum atomic E-state index is 0.0704. The highest BCUT2D eigenvalue weighted by atomic mass is 16.2. The van der Waals surface area contributed by atoms with Crippen LogP contribution < -0.4 is 11.3 Å². The number of carbonyl (C=O) groups is 1. The zero-order valence-corrected chi connectivity index (χ0v) is 11.8. The Balaban J connectivity index is 2.25. The number of anilines is 1. The Morgan fingerprint density at radius 1 is 1.47 bits per heavy atom. The summed E-state index contributed by atoms with van der Waals surface area (Å²) in [6, 6.07) is 3.81. The molecule has 104 valence electrons. The first kappa shape index (κ1) is 13.8. The molecule has 2 atom stereocenters. The van der Waals surface area contributed by atoms with E-state index in [1.54, 1.807) is 6.07 Å². The first-order valence-corrected chi connectivity index (χ1v) is 6.79. The number of nitrogens with two attached hydrogens (primary N) is 1. The number of nitrogens with one attached hydrogen (secondary N) is 1. The van der Waals surface area contributed by atoms with Gasteiger partial charge in [-0.25, -0.2) is 10.8 Å². The average molecular weight is 262 g/mol. The number of piperidine rings is 1. The standard InChI is InChI=1S/C14H22N4O/c1-9-5-4-6-18(11(9)3)14(19)12-7-10(2)16-13(8-12)17-15/h7-9,11H,4-6,15H2,1-3H3,(H,16,17). The van der Waals surface area contributed by atoms with Crippen LogP contribution in [-0.2, 0) is 0 Å². The Morgan fingerprint density at radius 2 is 2.21 bits per heavy atom. The van der Waals surface area contributed by atoms with Crippen LogP contribution in [0.1, 0.15) is 42.7 Å². The number of aromatic nitrogens is 1. The van der Waals surface area contributed by atoms with Crippen LogP contribution >= 0.6 is 0 Å². The third-order valence-electron chi connectivity index (χ3n) is 3.98. The van der Waals surface area contributed by atoms with E-state index in [0.717, 1.165) is 18.7 Å². The Bertz CT molecular complexity index is 475. The van der Waals surface area contributed by atoms with E-state index in [1.807, 2.05) is 17.9 Å². The number of aryl methyl sites for hydroxylation is 1.